The Labute approximate surface area is 488 Å². The summed E-state index contributed by atoms with van der Waals surface area (Å²) in [5.74, 6) is 0. The molecule has 0 saturated carbocycles. The van der Waals surface area contributed by atoms with E-state index >= 15 is 0 Å². The second kappa shape index (κ2) is 29.2. The van der Waals surface area contributed by atoms with Crippen molar-refractivity contribution >= 4 is 18.9 Å². The zero-order valence-corrected chi connectivity index (χ0v) is 47.8. The van der Waals surface area contributed by atoms with E-state index in [-0.39, 0.29) is 39.6 Å². The van der Waals surface area contributed by atoms with E-state index in [1.54, 1.807) is 14.2 Å². The minimum atomic E-state index is -3.97. The summed E-state index contributed by atoms with van der Waals surface area (Å²) >= 11 is 0. The van der Waals surface area contributed by atoms with Crippen LogP contribution in [-0.2, 0) is 95.9 Å². The molecule has 3 aliphatic rings. The van der Waals surface area contributed by atoms with E-state index < -0.39 is 82.2 Å². The molecule has 13 heteroatoms. The Kier molecular flexibility index (Phi) is 20.4. The van der Waals surface area contributed by atoms with E-state index in [0.29, 0.717) is 0 Å². The summed E-state index contributed by atoms with van der Waals surface area (Å²) in [4.78, 5) is 0. The van der Waals surface area contributed by atoms with Crippen molar-refractivity contribution in [3.8, 4) is 0 Å². The van der Waals surface area contributed by atoms with Gasteiger partial charge in [0.15, 0.2) is 12.6 Å². The first-order chi connectivity index (χ1) is 41.0. The lowest BCUT2D eigenvalue weighted by molar-refractivity contribution is -0.327. The standard InChI is InChI=1S/C70H72O12Si/c1-71-69-67(77-49-55-35-19-7-20-36-55)65(75-47-53-31-15-5-16-32-53)63(73-45-51-27-11-3-12-28-51)61(79-69)59-43-44-60(82-83(81-59,57-39-23-9-24-40-57)58-41-25-10-26-42-58)62-64(74-46-52-29-13-4-14-30-52)66(76-48-54-33-17-6-18-34-54)68(70(72-2)80-62)78-50-56-37-21-8-22-38-56/h3-44,59-70H,45-50H2,1-2H3/t59-,60-,61-,62-,63-,64-,65+,66+,67-,68-,69+,70+/m1/s1. The van der Waals surface area contributed by atoms with Crippen molar-refractivity contribution < 1.29 is 56.2 Å². The Bertz CT molecular complexity index is 2940. The predicted octanol–water partition coefficient (Wildman–Crippen LogP) is 10.8. The van der Waals surface area contributed by atoms with Crippen LogP contribution in [0.4, 0.5) is 0 Å². The van der Waals surface area contributed by atoms with Gasteiger partial charge >= 0.3 is 8.56 Å². The van der Waals surface area contributed by atoms with Gasteiger partial charge in [-0.2, -0.15) is 0 Å². The quantitative estimate of drug-likeness (QED) is 0.0424. The molecule has 428 valence electrons. The molecule has 0 amide bonds. The summed E-state index contributed by atoms with van der Waals surface area (Å²) in [6.07, 6.45) is -5.89. The van der Waals surface area contributed by atoms with Crippen molar-refractivity contribution in [3.05, 3.63) is 288 Å². The van der Waals surface area contributed by atoms with Gasteiger partial charge in [0, 0.05) is 14.2 Å². The van der Waals surface area contributed by atoms with Crippen LogP contribution in [0.3, 0.4) is 0 Å². The molecule has 2 saturated heterocycles. The van der Waals surface area contributed by atoms with Gasteiger partial charge in [-0.3, -0.25) is 0 Å². The summed E-state index contributed by atoms with van der Waals surface area (Å²) < 4.78 is 85.6. The highest BCUT2D eigenvalue weighted by Crippen LogP contribution is 2.39. The molecule has 0 radical (unpaired) electrons. The molecular weight excluding hydrogens is 1060 g/mol. The monoisotopic (exact) mass is 1130 g/mol. The van der Waals surface area contributed by atoms with Gasteiger partial charge in [-0.25, -0.2) is 0 Å². The van der Waals surface area contributed by atoms with Crippen LogP contribution in [0, 0.1) is 0 Å². The lowest BCUT2D eigenvalue weighted by atomic mass is 9.92. The molecule has 0 bridgehead atoms. The molecule has 8 aromatic carbocycles. The fourth-order valence-corrected chi connectivity index (χ4v) is 14.5. The molecule has 12 atom stereocenters. The van der Waals surface area contributed by atoms with Gasteiger partial charge in [-0.15, -0.1) is 0 Å². The van der Waals surface area contributed by atoms with Crippen molar-refractivity contribution in [1.82, 2.24) is 0 Å². The van der Waals surface area contributed by atoms with Crippen LogP contribution in [-0.4, -0.2) is 96.4 Å². The van der Waals surface area contributed by atoms with E-state index in [1.165, 1.54) is 0 Å². The summed E-state index contributed by atoms with van der Waals surface area (Å²) in [7, 11) is -0.715. The Morgan fingerprint density at radius 2 is 0.518 bits per heavy atom. The minimum Gasteiger partial charge on any atom is -0.378 e. The lowest BCUT2D eigenvalue weighted by Crippen LogP contribution is -2.70. The molecule has 0 spiro atoms. The molecule has 0 N–H and O–H groups in total. The molecular formula is C70H72O12Si. The van der Waals surface area contributed by atoms with E-state index in [1.807, 2.05) is 231 Å². The van der Waals surface area contributed by atoms with E-state index in [2.05, 4.69) is 24.3 Å². The first-order valence-corrected chi connectivity index (χ1v) is 30.3. The highest BCUT2D eigenvalue weighted by Gasteiger charge is 2.58. The highest BCUT2D eigenvalue weighted by molar-refractivity contribution is 6.92. The van der Waals surface area contributed by atoms with Crippen molar-refractivity contribution in [1.29, 1.82) is 0 Å². The molecule has 0 aromatic heterocycles. The van der Waals surface area contributed by atoms with E-state index in [0.717, 1.165) is 43.8 Å². The van der Waals surface area contributed by atoms with Crippen LogP contribution in [0.15, 0.2) is 255 Å². The smallest absolute Gasteiger partial charge is 0.378 e. The molecule has 0 aliphatic carbocycles. The number of rotatable bonds is 24. The number of ether oxygens (including phenoxy) is 10. The zero-order chi connectivity index (χ0) is 56.5. The fourth-order valence-electron chi connectivity index (χ4n) is 11.1. The van der Waals surface area contributed by atoms with Gasteiger partial charge in [0.25, 0.3) is 0 Å². The van der Waals surface area contributed by atoms with E-state index in [9.17, 15) is 0 Å². The minimum absolute atomic E-state index is 0.238. The van der Waals surface area contributed by atoms with Gasteiger partial charge in [-0.05, 0) is 43.8 Å². The van der Waals surface area contributed by atoms with Gasteiger partial charge in [0.2, 0.25) is 0 Å². The van der Waals surface area contributed by atoms with Gasteiger partial charge < -0.3 is 56.2 Å². The van der Waals surface area contributed by atoms with Gasteiger partial charge in [0.1, 0.15) is 48.8 Å². The third-order valence-electron chi connectivity index (χ3n) is 15.3. The summed E-state index contributed by atoms with van der Waals surface area (Å²) in [5, 5.41) is 1.71. The predicted molar refractivity (Wildman–Crippen MR) is 318 cm³/mol. The number of methoxy groups -OCH3 is 2. The second-order valence-electron chi connectivity index (χ2n) is 20.9. The van der Waals surface area contributed by atoms with Crippen LogP contribution in [0.1, 0.15) is 33.4 Å². The third kappa shape index (κ3) is 14.6. The Morgan fingerprint density at radius 3 is 0.771 bits per heavy atom. The third-order valence-corrected chi connectivity index (χ3v) is 18.7. The van der Waals surface area contributed by atoms with Gasteiger partial charge in [0.05, 0.1) is 51.8 Å². The first kappa shape index (κ1) is 58.0. The molecule has 8 aromatic rings. The fraction of sp³-hybridized carbons (Fsp3) is 0.286. The highest BCUT2D eigenvalue weighted by atomic mass is 28.4. The van der Waals surface area contributed by atoms with E-state index in [4.69, 9.17) is 56.2 Å². The topological polar surface area (TPSA) is 111 Å². The summed E-state index contributed by atoms with van der Waals surface area (Å²) in [6.45, 7) is 1.54. The van der Waals surface area contributed by atoms with Crippen LogP contribution in [0.2, 0.25) is 0 Å². The molecule has 11 rings (SSSR count). The van der Waals surface area contributed by atoms with Crippen LogP contribution < -0.4 is 10.4 Å². The van der Waals surface area contributed by atoms with Crippen molar-refractivity contribution in [2.45, 2.75) is 113 Å². The molecule has 3 aliphatic heterocycles. The zero-order valence-electron chi connectivity index (χ0n) is 46.8. The maximum atomic E-state index is 7.93. The maximum Gasteiger partial charge on any atom is 0.408 e. The Balaban J connectivity index is 1.04. The summed E-state index contributed by atoms with van der Waals surface area (Å²) in [5.41, 5.74) is 5.89. The number of hydrogen-bond donors (Lipinski definition) is 0. The number of benzene rings is 8. The van der Waals surface area contributed by atoms with Crippen molar-refractivity contribution in [3.63, 3.8) is 0 Å². The molecule has 0 unspecified atom stereocenters. The van der Waals surface area contributed by atoms with Crippen molar-refractivity contribution in [2.75, 3.05) is 14.2 Å². The van der Waals surface area contributed by atoms with Crippen LogP contribution in [0.25, 0.3) is 0 Å². The average molecular weight is 1130 g/mol. The van der Waals surface area contributed by atoms with Crippen LogP contribution in [0.5, 0.6) is 0 Å². The average Bonchev–Trinajstić information content (AvgIpc) is 3.23. The molecule has 83 heavy (non-hydrogen) atoms. The molecule has 12 nitrogen and oxygen atoms in total. The SMILES string of the molecule is CO[C@H]1O[C@H]([C@H]2C=C[C@H]([C@H]3O[C@H](OC)[C@H](OCc4ccccc4)[C@@H](OCc4ccccc4)[C@@H]3OCc3ccccc3)O[Si](c3ccccc3)(c3ccccc3)O2)[C@@H](OCc2ccccc2)[C@H](OCc2ccccc2)[C@H]1OCc1ccccc1. The van der Waals surface area contributed by atoms with Gasteiger partial charge in [-0.1, -0.05) is 255 Å². The Morgan fingerprint density at radius 1 is 0.289 bits per heavy atom. The second-order valence-corrected chi connectivity index (χ2v) is 23.7. The first-order valence-electron chi connectivity index (χ1n) is 28.5. The maximum absolute atomic E-state index is 7.93. The largest absolute Gasteiger partial charge is 0.408 e. The van der Waals surface area contributed by atoms with Crippen LogP contribution >= 0.6 is 0 Å². The summed E-state index contributed by atoms with van der Waals surface area (Å²) in [6, 6.07) is 80.8. The lowest BCUT2D eigenvalue weighted by Gasteiger charge is -2.49. The molecule has 3 heterocycles. The molecule has 2 fully saturated rings. The normalized spacial score (nSPS) is 26.0. The Hall–Kier alpha value is -6.76. The number of hydrogen-bond acceptors (Lipinski definition) is 12. The van der Waals surface area contributed by atoms with Crippen molar-refractivity contribution in [2.24, 2.45) is 0 Å².